The van der Waals surface area contributed by atoms with Crippen molar-refractivity contribution in [3.63, 3.8) is 0 Å². The highest BCUT2D eigenvalue weighted by molar-refractivity contribution is 7.11. The summed E-state index contributed by atoms with van der Waals surface area (Å²) in [5.74, 6) is -0.592. The zero-order valence-electron chi connectivity index (χ0n) is 11.1. The number of aromatic carboxylic acids is 1. The molecule has 2 heterocycles. The Morgan fingerprint density at radius 2 is 2.24 bits per heavy atom. The first kappa shape index (κ1) is 13.6. The predicted octanol–water partition coefficient (Wildman–Crippen LogP) is 2.16. The molecule has 3 rings (SSSR count). The van der Waals surface area contributed by atoms with E-state index in [1.807, 2.05) is 12.1 Å². The number of carbonyl (C=O) groups excluding carboxylic acids is 1. The number of anilines is 1. The Kier molecular flexibility index (Phi) is 3.34. The van der Waals surface area contributed by atoms with Crippen molar-refractivity contribution >= 4 is 28.9 Å². The second kappa shape index (κ2) is 5.17. The number of hydrogen-bond donors (Lipinski definition) is 1. The average molecular weight is 304 g/mol. The number of hydrogen-bond acceptors (Lipinski definition) is 5. The van der Waals surface area contributed by atoms with Gasteiger partial charge in [-0.1, -0.05) is 12.1 Å². The molecule has 108 valence electrons. The summed E-state index contributed by atoms with van der Waals surface area (Å²) in [5, 5.41) is 10.6. The lowest BCUT2D eigenvalue weighted by Crippen LogP contribution is -2.44. The molecule has 1 amide bonds. The highest BCUT2D eigenvalue weighted by atomic mass is 32.1. The van der Waals surface area contributed by atoms with Crippen molar-refractivity contribution in [2.75, 3.05) is 4.90 Å². The molecule has 7 heteroatoms. The molecule has 0 aliphatic carbocycles. The van der Waals surface area contributed by atoms with Gasteiger partial charge in [0.25, 0.3) is 5.91 Å². The van der Waals surface area contributed by atoms with Crippen molar-refractivity contribution in [2.45, 2.75) is 19.6 Å². The van der Waals surface area contributed by atoms with Gasteiger partial charge >= 0.3 is 5.97 Å². The Morgan fingerprint density at radius 3 is 2.95 bits per heavy atom. The van der Waals surface area contributed by atoms with Crippen LogP contribution >= 0.6 is 11.3 Å². The van der Waals surface area contributed by atoms with Crippen LogP contribution in [-0.4, -0.2) is 28.1 Å². The summed E-state index contributed by atoms with van der Waals surface area (Å²) >= 11 is 1.05. The van der Waals surface area contributed by atoms with E-state index in [1.54, 1.807) is 29.3 Å². The number of carbonyl (C=O) groups is 2. The monoisotopic (exact) mass is 304 g/mol. The molecular weight excluding hydrogens is 292 g/mol. The fraction of sp³-hybridized carbons (Fsp3) is 0.214. The molecule has 6 nitrogen and oxygen atoms in total. The molecule has 1 atom stereocenters. The molecule has 0 saturated heterocycles. The van der Waals surface area contributed by atoms with Crippen LogP contribution in [0.3, 0.4) is 0 Å². The van der Waals surface area contributed by atoms with Gasteiger partial charge in [0.15, 0.2) is 6.10 Å². The maximum atomic E-state index is 12.3. The molecule has 0 radical (unpaired) electrons. The maximum Gasteiger partial charge on any atom is 0.365 e. The molecule has 0 saturated carbocycles. The second-order valence-corrected chi connectivity index (χ2v) is 5.46. The largest absolute Gasteiger partial charge is 0.479 e. The molecule has 1 aliphatic heterocycles. The smallest absolute Gasteiger partial charge is 0.365 e. The lowest BCUT2D eigenvalue weighted by atomic mass is 10.2. The molecule has 0 fully saturated rings. The highest BCUT2D eigenvalue weighted by Gasteiger charge is 2.31. The maximum absolute atomic E-state index is 12.3. The summed E-state index contributed by atoms with van der Waals surface area (Å²) in [7, 11) is 0. The van der Waals surface area contributed by atoms with E-state index in [0.29, 0.717) is 17.1 Å². The van der Waals surface area contributed by atoms with Crippen LogP contribution in [0.15, 0.2) is 29.6 Å². The van der Waals surface area contributed by atoms with Gasteiger partial charge in [0.1, 0.15) is 5.75 Å². The van der Waals surface area contributed by atoms with Gasteiger partial charge < -0.3 is 9.84 Å². The number of rotatable bonds is 3. The van der Waals surface area contributed by atoms with E-state index in [1.165, 1.54) is 0 Å². The first-order chi connectivity index (χ1) is 10.1. The minimum Gasteiger partial charge on any atom is -0.479 e. The van der Waals surface area contributed by atoms with Gasteiger partial charge in [-0.3, -0.25) is 9.69 Å². The third-order valence-corrected chi connectivity index (χ3v) is 4.01. The van der Waals surface area contributed by atoms with E-state index in [0.717, 1.165) is 11.3 Å². The lowest BCUT2D eigenvalue weighted by molar-refractivity contribution is -0.125. The molecule has 0 spiro atoms. The first-order valence-corrected chi connectivity index (χ1v) is 7.19. The van der Waals surface area contributed by atoms with Crippen molar-refractivity contribution in [3.8, 4) is 5.75 Å². The van der Waals surface area contributed by atoms with Crippen LogP contribution in [0.4, 0.5) is 5.69 Å². The summed E-state index contributed by atoms with van der Waals surface area (Å²) in [5.41, 5.74) is 1.22. The van der Waals surface area contributed by atoms with Crippen molar-refractivity contribution < 1.29 is 19.4 Å². The topological polar surface area (TPSA) is 79.7 Å². The summed E-state index contributed by atoms with van der Waals surface area (Å²) in [6.07, 6.45) is -0.572. The summed E-state index contributed by atoms with van der Waals surface area (Å²) in [6.45, 7) is 1.92. The van der Waals surface area contributed by atoms with E-state index in [4.69, 9.17) is 9.84 Å². The molecule has 1 aliphatic rings. The number of carboxylic acids is 1. The molecule has 1 unspecified atom stereocenters. The first-order valence-electron chi connectivity index (χ1n) is 6.31. The van der Waals surface area contributed by atoms with Crippen LogP contribution in [0.2, 0.25) is 0 Å². The Labute approximate surface area is 124 Å². The Hall–Kier alpha value is -2.41. The molecule has 1 aromatic heterocycles. The molecule has 1 aromatic carbocycles. The Bertz CT molecular complexity index is 713. The van der Waals surface area contributed by atoms with Gasteiger partial charge in [-0.2, -0.15) is 0 Å². The second-order valence-electron chi connectivity index (χ2n) is 4.60. The van der Waals surface area contributed by atoms with Crippen LogP contribution in [0.5, 0.6) is 5.75 Å². The standard InChI is InChI=1S/C14H12N2O4S/c1-8-13(17)16(10-4-2-3-5-11(10)20-8)6-9-7-21-12(15-9)14(18)19/h2-5,7-8H,6H2,1H3,(H,18,19). The van der Waals surface area contributed by atoms with Crippen LogP contribution in [-0.2, 0) is 11.3 Å². The number of fused-ring (bicyclic) bond motifs is 1. The van der Waals surface area contributed by atoms with Crippen LogP contribution < -0.4 is 9.64 Å². The van der Waals surface area contributed by atoms with E-state index in [2.05, 4.69) is 4.98 Å². The SMILES string of the molecule is CC1Oc2ccccc2N(Cc2csc(C(=O)O)n2)C1=O. The van der Waals surface area contributed by atoms with Gasteiger partial charge in [0, 0.05) is 5.38 Å². The average Bonchev–Trinajstić information content (AvgIpc) is 2.93. The number of carboxylic acid groups (broad SMARTS) is 1. The minimum atomic E-state index is -1.06. The van der Waals surface area contributed by atoms with Gasteiger partial charge in [0.2, 0.25) is 5.01 Å². The Morgan fingerprint density at radius 1 is 1.48 bits per heavy atom. The third kappa shape index (κ3) is 2.47. The van der Waals surface area contributed by atoms with Crippen molar-refractivity contribution in [3.05, 3.63) is 40.3 Å². The van der Waals surface area contributed by atoms with E-state index >= 15 is 0 Å². The van der Waals surface area contributed by atoms with E-state index in [9.17, 15) is 9.59 Å². The normalized spacial score (nSPS) is 17.3. The number of thiazole rings is 1. The molecule has 2 aromatic rings. The zero-order chi connectivity index (χ0) is 15.0. The van der Waals surface area contributed by atoms with Crippen molar-refractivity contribution in [1.82, 2.24) is 4.98 Å². The lowest BCUT2D eigenvalue weighted by Gasteiger charge is -2.32. The van der Waals surface area contributed by atoms with E-state index in [-0.39, 0.29) is 17.5 Å². The fourth-order valence-corrected chi connectivity index (χ4v) is 2.81. The molecular formula is C14H12N2O4S. The predicted molar refractivity (Wildman–Crippen MR) is 76.8 cm³/mol. The van der Waals surface area contributed by atoms with Gasteiger partial charge in [0.05, 0.1) is 17.9 Å². The zero-order valence-corrected chi connectivity index (χ0v) is 12.0. The number of para-hydroxylation sites is 2. The third-order valence-electron chi connectivity index (χ3n) is 3.13. The number of aromatic nitrogens is 1. The summed E-state index contributed by atoms with van der Waals surface area (Å²) < 4.78 is 5.55. The number of nitrogens with zero attached hydrogens (tertiary/aromatic N) is 2. The van der Waals surface area contributed by atoms with Crippen LogP contribution in [0.25, 0.3) is 0 Å². The molecule has 21 heavy (non-hydrogen) atoms. The number of ether oxygens (including phenoxy) is 1. The number of amides is 1. The quantitative estimate of drug-likeness (QED) is 0.940. The highest BCUT2D eigenvalue weighted by Crippen LogP contribution is 2.34. The molecule has 1 N–H and O–H groups in total. The fourth-order valence-electron chi connectivity index (χ4n) is 2.16. The van der Waals surface area contributed by atoms with Crippen molar-refractivity contribution in [1.29, 1.82) is 0 Å². The van der Waals surface area contributed by atoms with Crippen molar-refractivity contribution in [2.24, 2.45) is 0 Å². The summed E-state index contributed by atoms with van der Waals surface area (Å²) in [4.78, 5) is 28.8. The van der Waals surface area contributed by atoms with Gasteiger partial charge in [-0.15, -0.1) is 11.3 Å². The van der Waals surface area contributed by atoms with Gasteiger partial charge in [-0.25, -0.2) is 9.78 Å². The summed E-state index contributed by atoms with van der Waals surface area (Å²) in [6, 6.07) is 7.26. The van der Waals surface area contributed by atoms with Gasteiger partial charge in [-0.05, 0) is 19.1 Å². The minimum absolute atomic E-state index is 0.0204. The number of benzene rings is 1. The van der Waals surface area contributed by atoms with E-state index < -0.39 is 12.1 Å². The van der Waals surface area contributed by atoms with Crippen LogP contribution in [0, 0.1) is 0 Å². The van der Waals surface area contributed by atoms with Crippen LogP contribution in [0.1, 0.15) is 22.4 Å². The Balaban J connectivity index is 1.92. The molecule has 0 bridgehead atoms.